The van der Waals surface area contributed by atoms with E-state index in [1.807, 2.05) is 30.3 Å². The highest BCUT2D eigenvalue weighted by Crippen LogP contribution is 2.30. The van der Waals surface area contributed by atoms with Crippen LogP contribution < -0.4 is 21.1 Å². The quantitative estimate of drug-likeness (QED) is 0.384. The highest BCUT2D eigenvalue weighted by molar-refractivity contribution is 5.90. The standard InChI is InChI=1S/C26H32F2N6O3/c1-17-24(34(19-6-4-3-5-7-19)32-25(17)37-12-10-29)31-26(35)30-23-16-33(11-13-36-2)15-20(23)18-8-9-21(27)22(28)14-18/h3-9,14,20,23H,10-13,15-16,29H2,1-2H3,(H2,30,31,35). The van der Waals surface area contributed by atoms with Gasteiger partial charge in [-0.05, 0) is 36.8 Å². The molecule has 0 saturated carbocycles. The lowest BCUT2D eigenvalue weighted by molar-refractivity contribution is 0.159. The number of methoxy groups -OCH3 is 1. The van der Waals surface area contributed by atoms with E-state index in [4.69, 9.17) is 15.2 Å². The Hall–Kier alpha value is -3.54. The first-order valence-electron chi connectivity index (χ1n) is 12.1. The van der Waals surface area contributed by atoms with Crippen LogP contribution in [0.5, 0.6) is 5.88 Å². The molecule has 4 N–H and O–H groups in total. The number of para-hydroxylation sites is 1. The Kier molecular flexibility index (Phi) is 8.70. The monoisotopic (exact) mass is 514 g/mol. The minimum Gasteiger partial charge on any atom is -0.475 e. The van der Waals surface area contributed by atoms with E-state index in [0.717, 1.165) is 11.8 Å². The molecule has 2 unspecified atom stereocenters. The molecule has 1 fully saturated rings. The lowest BCUT2D eigenvalue weighted by Crippen LogP contribution is -2.42. The SMILES string of the molecule is COCCN1CC(NC(=O)Nc2c(C)c(OCCN)nn2-c2ccccc2)C(c2ccc(F)c(F)c2)C1. The largest absolute Gasteiger partial charge is 0.475 e. The number of rotatable bonds is 10. The molecule has 2 heterocycles. The van der Waals surface area contributed by atoms with Gasteiger partial charge in [0.1, 0.15) is 12.4 Å². The van der Waals surface area contributed by atoms with Gasteiger partial charge >= 0.3 is 6.03 Å². The number of anilines is 1. The second-order valence-electron chi connectivity index (χ2n) is 8.90. The van der Waals surface area contributed by atoms with Crippen molar-refractivity contribution in [2.75, 3.05) is 51.8 Å². The van der Waals surface area contributed by atoms with Crippen LogP contribution in [0.3, 0.4) is 0 Å². The van der Waals surface area contributed by atoms with Gasteiger partial charge in [-0.2, -0.15) is 0 Å². The Morgan fingerprint density at radius 1 is 1.14 bits per heavy atom. The third kappa shape index (κ3) is 6.24. The molecule has 0 spiro atoms. The number of hydrogen-bond acceptors (Lipinski definition) is 6. The molecule has 2 atom stereocenters. The van der Waals surface area contributed by atoms with Crippen LogP contribution in [-0.4, -0.2) is 73.3 Å². The first-order valence-corrected chi connectivity index (χ1v) is 12.1. The van der Waals surface area contributed by atoms with Crippen molar-refractivity contribution in [1.82, 2.24) is 20.0 Å². The number of nitrogens with two attached hydrogens (primary N) is 1. The first-order chi connectivity index (χ1) is 17.9. The number of aromatic nitrogens is 2. The minimum absolute atomic E-state index is 0.235. The Morgan fingerprint density at radius 3 is 2.62 bits per heavy atom. The number of nitrogens with zero attached hydrogens (tertiary/aromatic N) is 3. The van der Waals surface area contributed by atoms with Gasteiger partial charge in [0, 0.05) is 39.2 Å². The summed E-state index contributed by atoms with van der Waals surface area (Å²) in [5.74, 6) is -1.23. The summed E-state index contributed by atoms with van der Waals surface area (Å²) < 4.78 is 40.1. The topological polar surface area (TPSA) is 107 Å². The van der Waals surface area contributed by atoms with E-state index < -0.39 is 17.7 Å². The smallest absolute Gasteiger partial charge is 0.320 e. The van der Waals surface area contributed by atoms with Crippen molar-refractivity contribution in [3.63, 3.8) is 0 Å². The second kappa shape index (κ2) is 12.1. The van der Waals surface area contributed by atoms with E-state index in [2.05, 4.69) is 20.6 Å². The molecule has 1 aliphatic heterocycles. The predicted octanol–water partition coefficient (Wildman–Crippen LogP) is 3.03. The lowest BCUT2D eigenvalue weighted by Gasteiger charge is -2.21. The number of hydrogen-bond donors (Lipinski definition) is 3. The molecular weight excluding hydrogens is 482 g/mol. The molecule has 1 aromatic heterocycles. The number of carbonyl (C=O) groups excluding carboxylic acids is 1. The third-order valence-electron chi connectivity index (χ3n) is 6.36. The maximum absolute atomic E-state index is 14.0. The van der Waals surface area contributed by atoms with Gasteiger partial charge in [0.05, 0.1) is 23.9 Å². The first kappa shape index (κ1) is 26.5. The molecule has 0 radical (unpaired) electrons. The zero-order chi connectivity index (χ0) is 26.4. The average Bonchev–Trinajstić information content (AvgIpc) is 3.44. The summed E-state index contributed by atoms with van der Waals surface area (Å²) in [6, 6.07) is 12.4. The number of benzene rings is 2. The van der Waals surface area contributed by atoms with Gasteiger partial charge in [-0.15, -0.1) is 5.10 Å². The van der Waals surface area contributed by atoms with Crippen LogP contribution in [0.1, 0.15) is 17.0 Å². The normalized spacial score (nSPS) is 17.6. The van der Waals surface area contributed by atoms with Gasteiger partial charge in [0.25, 0.3) is 0 Å². The molecular formula is C26H32F2N6O3. The summed E-state index contributed by atoms with van der Waals surface area (Å²) in [6.45, 7) is 4.68. The van der Waals surface area contributed by atoms with Crippen molar-refractivity contribution in [1.29, 1.82) is 0 Å². The third-order valence-corrected chi connectivity index (χ3v) is 6.36. The summed E-state index contributed by atoms with van der Waals surface area (Å²) in [5.41, 5.74) is 7.59. The van der Waals surface area contributed by atoms with Crippen LogP contribution in [0, 0.1) is 18.6 Å². The Labute approximate surface area is 214 Å². The maximum atomic E-state index is 14.0. The molecule has 37 heavy (non-hydrogen) atoms. The van der Waals surface area contributed by atoms with Crippen molar-refractivity contribution in [3.05, 3.63) is 71.3 Å². The molecule has 11 heteroatoms. The lowest BCUT2D eigenvalue weighted by atomic mass is 9.94. The van der Waals surface area contributed by atoms with Crippen LogP contribution in [0.4, 0.5) is 19.4 Å². The molecule has 2 aromatic carbocycles. The van der Waals surface area contributed by atoms with Gasteiger partial charge in [-0.3, -0.25) is 10.2 Å². The number of carbonyl (C=O) groups is 1. The van der Waals surface area contributed by atoms with Crippen LogP contribution in [0.2, 0.25) is 0 Å². The minimum atomic E-state index is -0.913. The molecule has 1 aliphatic rings. The maximum Gasteiger partial charge on any atom is 0.320 e. The summed E-state index contributed by atoms with van der Waals surface area (Å²) in [5, 5.41) is 10.5. The van der Waals surface area contributed by atoms with E-state index in [-0.39, 0.29) is 18.6 Å². The molecule has 4 rings (SSSR count). The number of halogens is 2. The number of amides is 2. The van der Waals surface area contributed by atoms with Crippen molar-refractivity contribution in [3.8, 4) is 11.6 Å². The van der Waals surface area contributed by atoms with Gasteiger partial charge in [0.15, 0.2) is 11.6 Å². The summed E-state index contributed by atoms with van der Waals surface area (Å²) >= 11 is 0. The van der Waals surface area contributed by atoms with Crippen LogP contribution in [-0.2, 0) is 4.74 Å². The Morgan fingerprint density at radius 2 is 1.92 bits per heavy atom. The van der Waals surface area contributed by atoms with Gasteiger partial charge < -0.3 is 20.5 Å². The number of nitrogens with one attached hydrogen (secondary N) is 2. The van der Waals surface area contributed by atoms with E-state index in [9.17, 15) is 13.6 Å². The zero-order valence-electron chi connectivity index (χ0n) is 20.9. The van der Waals surface area contributed by atoms with Crippen LogP contribution >= 0.6 is 0 Å². The summed E-state index contributed by atoms with van der Waals surface area (Å²) in [4.78, 5) is 15.4. The fourth-order valence-electron chi connectivity index (χ4n) is 4.50. The number of likely N-dealkylation sites (tertiary alicyclic amines) is 1. The van der Waals surface area contributed by atoms with E-state index in [0.29, 0.717) is 55.6 Å². The van der Waals surface area contributed by atoms with Crippen molar-refractivity contribution in [2.24, 2.45) is 5.73 Å². The number of ether oxygens (including phenoxy) is 2. The van der Waals surface area contributed by atoms with Crippen molar-refractivity contribution in [2.45, 2.75) is 18.9 Å². The number of urea groups is 1. The summed E-state index contributed by atoms with van der Waals surface area (Å²) in [7, 11) is 1.62. The second-order valence-corrected chi connectivity index (χ2v) is 8.90. The molecule has 198 valence electrons. The molecule has 3 aromatic rings. The molecule has 0 aliphatic carbocycles. The van der Waals surface area contributed by atoms with Gasteiger partial charge in [-0.1, -0.05) is 24.3 Å². The highest BCUT2D eigenvalue weighted by Gasteiger charge is 2.35. The molecule has 0 bridgehead atoms. The molecule has 2 amide bonds. The van der Waals surface area contributed by atoms with Crippen LogP contribution in [0.15, 0.2) is 48.5 Å². The Bertz CT molecular complexity index is 1210. The predicted molar refractivity (Wildman–Crippen MR) is 136 cm³/mol. The van der Waals surface area contributed by atoms with E-state index >= 15 is 0 Å². The van der Waals surface area contributed by atoms with Crippen molar-refractivity contribution < 1.29 is 23.0 Å². The van der Waals surface area contributed by atoms with Crippen LogP contribution in [0.25, 0.3) is 5.69 Å². The molecule has 1 saturated heterocycles. The van der Waals surface area contributed by atoms with Crippen molar-refractivity contribution >= 4 is 11.8 Å². The Balaban J connectivity index is 1.56. The van der Waals surface area contributed by atoms with E-state index in [1.54, 1.807) is 24.8 Å². The fourth-order valence-corrected chi connectivity index (χ4v) is 4.50. The van der Waals surface area contributed by atoms with Gasteiger partial charge in [0.2, 0.25) is 5.88 Å². The zero-order valence-corrected chi connectivity index (χ0v) is 20.9. The summed E-state index contributed by atoms with van der Waals surface area (Å²) in [6.07, 6.45) is 0. The van der Waals surface area contributed by atoms with Gasteiger partial charge in [-0.25, -0.2) is 18.3 Å². The van der Waals surface area contributed by atoms with E-state index in [1.165, 1.54) is 6.07 Å². The average molecular weight is 515 g/mol. The highest BCUT2D eigenvalue weighted by atomic mass is 19.2. The fraction of sp³-hybridized carbons (Fsp3) is 0.385. The molecule has 9 nitrogen and oxygen atoms in total.